The normalized spacial score (nSPS) is 21.1. The van der Waals surface area contributed by atoms with Gasteiger partial charge in [-0.2, -0.15) is 0 Å². The Morgan fingerprint density at radius 2 is 2.18 bits per heavy atom. The summed E-state index contributed by atoms with van der Waals surface area (Å²) >= 11 is 6.15. The van der Waals surface area contributed by atoms with Gasteiger partial charge in [0.2, 0.25) is 5.91 Å². The van der Waals surface area contributed by atoms with Crippen LogP contribution in [-0.2, 0) is 11.2 Å². The van der Waals surface area contributed by atoms with Crippen LogP contribution in [0.15, 0.2) is 18.2 Å². The summed E-state index contributed by atoms with van der Waals surface area (Å²) in [4.78, 5) is 14.5. The van der Waals surface area contributed by atoms with Crippen LogP contribution in [0, 0.1) is 0 Å². The van der Waals surface area contributed by atoms with Gasteiger partial charge in [0.15, 0.2) is 0 Å². The smallest absolute Gasteiger partial charge is 0.224 e. The molecule has 1 aromatic carbocycles. The summed E-state index contributed by atoms with van der Waals surface area (Å²) in [6.45, 7) is 2.44. The molecule has 1 aliphatic carbocycles. The van der Waals surface area contributed by atoms with E-state index in [4.69, 9.17) is 16.3 Å². The molecule has 5 heteroatoms. The third kappa shape index (κ3) is 4.37. The maximum Gasteiger partial charge on any atom is 0.224 e. The van der Waals surface area contributed by atoms with Gasteiger partial charge in [-0.1, -0.05) is 23.7 Å². The van der Waals surface area contributed by atoms with E-state index >= 15 is 0 Å². The molecule has 4 nitrogen and oxygen atoms in total. The second kappa shape index (κ2) is 7.84. The Morgan fingerprint density at radius 3 is 2.82 bits per heavy atom. The van der Waals surface area contributed by atoms with Crippen molar-refractivity contribution < 1.29 is 9.53 Å². The van der Waals surface area contributed by atoms with Gasteiger partial charge in [0.05, 0.1) is 18.1 Å². The quantitative estimate of drug-likeness (QED) is 0.875. The van der Waals surface area contributed by atoms with Crippen molar-refractivity contribution in [1.29, 1.82) is 0 Å². The molecule has 1 aromatic rings. The molecule has 0 unspecified atom stereocenters. The number of carbonyl (C=O) groups excluding carboxylic acids is 1. The van der Waals surface area contributed by atoms with E-state index in [1.54, 1.807) is 6.07 Å². The van der Waals surface area contributed by atoms with E-state index < -0.39 is 0 Å². The number of nitrogens with zero attached hydrogens (tertiary/aromatic N) is 1. The number of amides is 1. The van der Waals surface area contributed by atoms with E-state index in [0.29, 0.717) is 29.8 Å². The van der Waals surface area contributed by atoms with Crippen molar-refractivity contribution in [2.45, 2.75) is 44.7 Å². The van der Waals surface area contributed by atoms with Crippen LogP contribution in [0.5, 0.6) is 5.75 Å². The summed E-state index contributed by atoms with van der Waals surface area (Å²) in [7, 11) is 4.18. The molecule has 22 heavy (non-hydrogen) atoms. The number of nitrogens with one attached hydrogen (secondary N) is 1. The lowest BCUT2D eigenvalue weighted by molar-refractivity contribution is -0.121. The molecule has 1 N–H and O–H groups in total. The molecule has 1 aliphatic rings. The Bertz CT molecular complexity index is 519. The van der Waals surface area contributed by atoms with E-state index in [0.717, 1.165) is 24.8 Å². The lowest BCUT2D eigenvalue weighted by atomic mass is 10.1. The fraction of sp³-hybridized carbons (Fsp3) is 0.588. The topological polar surface area (TPSA) is 41.6 Å². The molecule has 0 spiro atoms. The van der Waals surface area contributed by atoms with E-state index in [1.807, 2.05) is 19.1 Å². The third-order valence-electron chi connectivity index (χ3n) is 4.19. The van der Waals surface area contributed by atoms with Crippen molar-refractivity contribution in [3.63, 3.8) is 0 Å². The highest BCUT2D eigenvalue weighted by atomic mass is 35.5. The summed E-state index contributed by atoms with van der Waals surface area (Å²) in [5.74, 6) is 0.659. The fourth-order valence-corrected chi connectivity index (χ4v) is 3.26. The predicted octanol–water partition coefficient (Wildman–Crippen LogP) is 2.88. The predicted molar refractivity (Wildman–Crippen MR) is 89.6 cm³/mol. The van der Waals surface area contributed by atoms with E-state index in [1.165, 1.54) is 0 Å². The van der Waals surface area contributed by atoms with Crippen LogP contribution < -0.4 is 10.1 Å². The summed E-state index contributed by atoms with van der Waals surface area (Å²) < 4.78 is 5.57. The highest BCUT2D eigenvalue weighted by molar-refractivity contribution is 6.32. The molecule has 0 bridgehead atoms. The average Bonchev–Trinajstić information content (AvgIpc) is 2.91. The number of carbonyl (C=O) groups is 1. The number of halogens is 1. The summed E-state index contributed by atoms with van der Waals surface area (Å²) in [6, 6.07) is 6.37. The van der Waals surface area contributed by atoms with Gasteiger partial charge in [0.25, 0.3) is 0 Å². The van der Waals surface area contributed by atoms with Crippen molar-refractivity contribution >= 4 is 17.5 Å². The van der Waals surface area contributed by atoms with Gasteiger partial charge in [-0.3, -0.25) is 4.79 Å². The van der Waals surface area contributed by atoms with Gasteiger partial charge in [-0.25, -0.2) is 0 Å². The molecular formula is C17H25ClN2O2. The van der Waals surface area contributed by atoms with Gasteiger partial charge in [-0.15, -0.1) is 0 Å². The zero-order valence-corrected chi connectivity index (χ0v) is 14.3. The second-order valence-corrected chi connectivity index (χ2v) is 6.44. The first-order chi connectivity index (χ1) is 10.5. The van der Waals surface area contributed by atoms with Gasteiger partial charge in [0.1, 0.15) is 5.75 Å². The molecule has 0 aliphatic heterocycles. The molecule has 0 radical (unpaired) electrons. The maximum atomic E-state index is 12.3. The van der Waals surface area contributed by atoms with Gasteiger partial charge in [0, 0.05) is 17.6 Å². The molecule has 0 saturated heterocycles. The molecule has 1 fully saturated rings. The van der Waals surface area contributed by atoms with Crippen LogP contribution >= 0.6 is 11.6 Å². The SMILES string of the molecule is CCOc1c(Cl)cccc1CC(=O)N[C@@H]1CC[C@@H](N(C)C)C1. The molecular weight excluding hydrogens is 300 g/mol. The minimum absolute atomic E-state index is 0.0348. The van der Waals surface area contributed by atoms with Crippen LogP contribution in [-0.4, -0.2) is 43.6 Å². The molecule has 0 aromatic heterocycles. The van der Waals surface area contributed by atoms with Crippen molar-refractivity contribution in [3.8, 4) is 5.75 Å². The zero-order chi connectivity index (χ0) is 16.1. The molecule has 122 valence electrons. The highest BCUT2D eigenvalue weighted by Crippen LogP contribution is 2.29. The Hall–Kier alpha value is -1.26. The number of ether oxygens (including phenoxy) is 1. The first-order valence-electron chi connectivity index (χ1n) is 7.87. The Morgan fingerprint density at radius 1 is 1.41 bits per heavy atom. The standard InChI is InChI=1S/C17H25ClN2O2/c1-4-22-17-12(6-5-7-15(17)18)10-16(21)19-13-8-9-14(11-13)20(2)3/h5-7,13-14H,4,8-11H2,1-3H3,(H,19,21)/t13-,14-/m1/s1. The monoisotopic (exact) mass is 324 g/mol. The summed E-state index contributed by atoms with van der Waals surface area (Å²) in [6.07, 6.45) is 3.51. The third-order valence-corrected chi connectivity index (χ3v) is 4.49. The Labute approximate surface area is 137 Å². The molecule has 1 amide bonds. The Balaban J connectivity index is 1.94. The maximum absolute atomic E-state index is 12.3. The highest BCUT2D eigenvalue weighted by Gasteiger charge is 2.27. The van der Waals surface area contributed by atoms with Gasteiger partial charge < -0.3 is 15.0 Å². The summed E-state index contributed by atoms with van der Waals surface area (Å²) in [5, 5.41) is 3.69. The van der Waals surface area contributed by atoms with Crippen LogP contribution in [0.3, 0.4) is 0 Å². The van der Waals surface area contributed by atoms with Crippen molar-refractivity contribution in [2.75, 3.05) is 20.7 Å². The molecule has 0 heterocycles. The molecule has 1 saturated carbocycles. The minimum atomic E-state index is 0.0348. The van der Waals surface area contributed by atoms with E-state index in [9.17, 15) is 4.79 Å². The van der Waals surface area contributed by atoms with Crippen LogP contribution in [0.1, 0.15) is 31.7 Å². The first kappa shape index (κ1) is 17.1. The number of benzene rings is 1. The van der Waals surface area contributed by atoms with E-state index in [-0.39, 0.29) is 11.9 Å². The first-order valence-corrected chi connectivity index (χ1v) is 8.25. The second-order valence-electron chi connectivity index (χ2n) is 6.03. The van der Waals surface area contributed by atoms with E-state index in [2.05, 4.69) is 24.3 Å². The van der Waals surface area contributed by atoms with Crippen molar-refractivity contribution in [2.24, 2.45) is 0 Å². The zero-order valence-electron chi connectivity index (χ0n) is 13.6. The minimum Gasteiger partial charge on any atom is -0.492 e. The number of rotatable bonds is 6. The van der Waals surface area contributed by atoms with Crippen molar-refractivity contribution in [3.05, 3.63) is 28.8 Å². The van der Waals surface area contributed by atoms with Gasteiger partial charge >= 0.3 is 0 Å². The average molecular weight is 325 g/mol. The number of hydrogen-bond donors (Lipinski definition) is 1. The Kier molecular flexibility index (Phi) is 6.09. The lowest BCUT2D eigenvalue weighted by Gasteiger charge is -2.19. The number of hydrogen-bond acceptors (Lipinski definition) is 3. The van der Waals surface area contributed by atoms with Gasteiger partial charge in [-0.05, 0) is 46.3 Å². The lowest BCUT2D eigenvalue weighted by Crippen LogP contribution is -2.35. The summed E-state index contributed by atoms with van der Waals surface area (Å²) in [5.41, 5.74) is 0.842. The largest absolute Gasteiger partial charge is 0.492 e. The number of para-hydroxylation sites is 1. The molecule has 2 atom stereocenters. The van der Waals surface area contributed by atoms with Crippen LogP contribution in [0.2, 0.25) is 5.02 Å². The van der Waals surface area contributed by atoms with Crippen molar-refractivity contribution in [1.82, 2.24) is 10.2 Å². The van der Waals surface area contributed by atoms with Crippen LogP contribution in [0.4, 0.5) is 0 Å². The molecule has 2 rings (SSSR count). The van der Waals surface area contributed by atoms with Crippen LogP contribution in [0.25, 0.3) is 0 Å². The fourth-order valence-electron chi connectivity index (χ4n) is 3.01.